The van der Waals surface area contributed by atoms with Crippen molar-refractivity contribution in [1.82, 2.24) is 0 Å². The molecule has 112 valence electrons. The summed E-state index contributed by atoms with van der Waals surface area (Å²) in [6, 6.07) is 12.6. The Bertz CT molecular complexity index is 694. The van der Waals surface area contributed by atoms with Gasteiger partial charge in [0.2, 0.25) is 0 Å². The Labute approximate surface area is 126 Å². The lowest BCUT2D eigenvalue weighted by molar-refractivity contribution is -0.384. The molecule has 1 N–H and O–H groups in total. The molecule has 0 atom stereocenters. The van der Waals surface area contributed by atoms with Crippen LogP contribution in [0.25, 0.3) is 0 Å². The Morgan fingerprint density at radius 1 is 1.18 bits per heavy atom. The monoisotopic (exact) mass is 299 g/mol. The van der Waals surface area contributed by atoms with E-state index < -0.39 is 10.9 Å². The number of hydrazone groups is 1. The first-order valence-corrected chi connectivity index (χ1v) is 6.32. The van der Waals surface area contributed by atoms with Crippen molar-refractivity contribution in [3.63, 3.8) is 0 Å². The van der Waals surface area contributed by atoms with Crippen molar-refractivity contribution in [1.29, 1.82) is 0 Å². The molecule has 22 heavy (non-hydrogen) atoms. The third-order valence-electron chi connectivity index (χ3n) is 2.82. The lowest BCUT2D eigenvalue weighted by Crippen LogP contribution is -2.00. The second-order valence-corrected chi connectivity index (χ2v) is 4.29. The molecule has 2 aromatic carbocycles. The minimum atomic E-state index is -0.462. The molecular weight excluding hydrogens is 286 g/mol. The molecule has 0 saturated carbocycles. The van der Waals surface area contributed by atoms with Gasteiger partial charge in [0.1, 0.15) is 0 Å². The molecule has 0 spiro atoms. The third kappa shape index (κ3) is 3.89. The maximum absolute atomic E-state index is 11.3. The third-order valence-corrected chi connectivity index (χ3v) is 2.82. The van der Waals surface area contributed by atoms with Crippen molar-refractivity contribution >= 4 is 23.6 Å². The van der Waals surface area contributed by atoms with Crippen LogP contribution in [-0.2, 0) is 4.74 Å². The molecule has 0 unspecified atom stereocenters. The zero-order valence-corrected chi connectivity index (χ0v) is 11.7. The molecule has 0 radical (unpaired) electrons. The fourth-order valence-corrected chi connectivity index (χ4v) is 1.66. The summed E-state index contributed by atoms with van der Waals surface area (Å²) >= 11 is 0. The average Bonchev–Trinajstić information content (AvgIpc) is 2.55. The Hall–Kier alpha value is -3.22. The van der Waals surface area contributed by atoms with Gasteiger partial charge in [-0.3, -0.25) is 15.5 Å². The van der Waals surface area contributed by atoms with Crippen LogP contribution in [0.4, 0.5) is 11.4 Å². The number of esters is 1. The number of benzene rings is 2. The number of nitro groups is 1. The maximum Gasteiger partial charge on any atom is 0.337 e. The van der Waals surface area contributed by atoms with E-state index in [0.717, 1.165) is 5.56 Å². The van der Waals surface area contributed by atoms with Crippen LogP contribution in [0.2, 0.25) is 0 Å². The molecule has 2 aromatic rings. The van der Waals surface area contributed by atoms with Gasteiger partial charge in [-0.1, -0.05) is 12.1 Å². The molecule has 0 heterocycles. The van der Waals surface area contributed by atoms with Gasteiger partial charge in [-0.2, -0.15) is 5.10 Å². The topological polar surface area (TPSA) is 93.8 Å². The summed E-state index contributed by atoms with van der Waals surface area (Å²) in [6.07, 6.45) is 1.57. The summed E-state index contributed by atoms with van der Waals surface area (Å²) in [5.41, 5.74) is 4.67. The maximum atomic E-state index is 11.3. The number of hydrogen-bond donors (Lipinski definition) is 1. The van der Waals surface area contributed by atoms with Crippen molar-refractivity contribution in [3.05, 3.63) is 69.8 Å². The van der Waals surface area contributed by atoms with Crippen LogP contribution in [0, 0.1) is 10.1 Å². The predicted octanol–water partition coefficient (Wildman–Crippen LogP) is 2.83. The van der Waals surface area contributed by atoms with Gasteiger partial charge in [0.25, 0.3) is 5.69 Å². The molecular formula is C15H13N3O4. The van der Waals surface area contributed by atoms with Gasteiger partial charge >= 0.3 is 5.97 Å². The molecule has 7 heteroatoms. The molecule has 0 aliphatic heterocycles. The number of ether oxygens (including phenoxy) is 1. The van der Waals surface area contributed by atoms with Crippen molar-refractivity contribution in [2.75, 3.05) is 12.5 Å². The van der Waals surface area contributed by atoms with E-state index in [1.54, 1.807) is 42.6 Å². The van der Waals surface area contributed by atoms with Crippen molar-refractivity contribution in [2.24, 2.45) is 5.10 Å². The van der Waals surface area contributed by atoms with Crippen LogP contribution in [-0.4, -0.2) is 24.2 Å². The number of nitrogens with one attached hydrogen (secondary N) is 1. The van der Waals surface area contributed by atoms with E-state index in [-0.39, 0.29) is 5.69 Å². The average molecular weight is 299 g/mol. The van der Waals surface area contributed by atoms with Crippen molar-refractivity contribution in [3.8, 4) is 0 Å². The predicted molar refractivity (Wildman–Crippen MR) is 82.1 cm³/mol. The van der Waals surface area contributed by atoms with Crippen LogP contribution >= 0.6 is 0 Å². The number of non-ortho nitro benzene ring substituents is 1. The normalized spacial score (nSPS) is 10.4. The zero-order chi connectivity index (χ0) is 15.9. The van der Waals surface area contributed by atoms with Gasteiger partial charge in [0.15, 0.2) is 0 Å². The number of nitrogens with zero attached hydrogens (tertiary/aromatic N) is 2. The summed E-state index contributed by atoms with van der Waals surface area (Å²) in [4.78, 5) is 21.4. The SMILES string of the molecule is COC(=O)c1ccc(C=NNc2ccc([N+](=O)[O-])cc2)cc1. The van der Waals surface area contributed by atoms with Crippen LogP contribution in [0.15, 0.2) is 53.6 Å². The highest BCUT2D eigenvalue weighted by atomic mass is 16.6. The van der Waals surface area contributed by atoms with E-state index in [4.69, 9.17) is 0 Å². The summed E-state index contributed by atoms with van der Waals surface area (Å²) < 4.78 is 4.61. The number of nitro benzene ring substituents is 1. The van der Waals surface area contributed by atoms with Gasteiger partial charge in [0.05, 0.1) is 29.5 Å². The standard InChI is InChI=1S/C15H13N3O4/c1-22-15(19)12-4-2-11(3-5-12)10-16-17-13-6-8-14(9-7-13)18(20)21/h2-10,17H,1H3. The number of methoxy groups -OCH3 is 1. The fourth-order valence-electron chi connectivity index (χ4n) is 1.66. The van der Waals surface area contributed by atoms with E-state index in [0.29, 0.717) is 11.3 Å². The molecule has 0 aliphatic carbocycles. The van der Waals surface area contributed by atoms with Gasteiger partial charge in [-0.15, -0.1) is 0 Å². The van der Waals surface area contributed by atoms with Gasteiger partial charge in [0, 0.05) is 12.1 Å². The number of hydrogen-bond acceptors (Lipinski definition) is 6. The molecule has 2 rings (SSSR count). The summed E-state index contributed by atoms with van der Waals surface area (Å²) in [6.45, 7) is 0. The molecule has 0 aliphatic rings. The molecule has 0 amide bonds. The van der Waals surface area contributed by atoms with Crippen LogP contribution in [0.5, 0.6) is 0 Å². The molecule has 0 fully saturated rings. The van der Waals surface area contributed by atoms with Crippen molar-refractivity contribution < 1.29 is 14.5 Å². The summed E-state index contributed by atoms with van der Waals surface area (Å²) in [7, 11) is 1.33. The number of rotatable bonds is 5. The minimum Gasteiger partial charge on any atom is -0.465 e. The first-order valence-electron chi connectivity index (χ1n) is 6.32. The lowest BCUT2D eigenvalue weighted by Gasteiger charge is -2.00. The van der Waals surface area contributed by atoms with Gasteiger partial charge < -0.3 is 4.74 Å². The fraction of sp³-hybridized carbons (Fsp3) is 0.0667. The Kier molecular flexibility index (Phi) is 4.81. The second-order valence-electron chi connectivity index (χ2n) is 4.29. The number of anilines is 1. The zero-order valence-electron chi connectivity index (χ0n) is 11.7. The van der Waals surface area contributed by atoms with E-state index in [1.807, 2.05) is 0 Å². The number of carbonyl (C=O) groups is 1. The molecule has 0 aromatic heterocycles. The molecule has 0 bridgehead atoms. The van der Waals surface area contributed by atoms with Crippen LogP contribution < -0.4 is 5.43 Å². The number of carbonyl (C=O) groups excluding carboxylic acids is 1. The Balaban J connectivity index is 1.97. The van der Waals surface area contributed by atoms with Crippen LogP contribution in [0.3, 0.4) is 0 Å². The first-order chi connectivity index (χ1) is 10.6. The van der Waals surface area contributed by atoms with E-state index in [2.05, 4.69) is 15.3 Å². The smallest absolute Gasteiger partial charge is 0.337 e. The summed E-state index contributed by atoms with van der Waals surface area (Å²) in [5.74, 6) is -0.396. The highest BCUT2D eigenvalue weighted by Crippen LogP contribution is 2.15. The van der Waals surface area contributed by atoms with Gasteiger partial charge in [-0.25, -0.2) is 4.79 Å². The largest absolute Gasteiger partial charge is 0.465 e. The Morgan fingerprint density at radius 2 is 1.82 bits per heavy atom. The van der Waals surface area contributed by atoms with Crippen molar-refractivity contribution in [2.45, 2.75) is 0 Å². The quantitative estimate of drug-likeness (QED) is 0.396. The highest BCUT2D eigenvalue weighted by molar-refractivity contribution is 5.90. The lowest BCUT2D eigenvalue weighted by atomic mass is 10.1. The minimum absolute atomic E-state index is 0.0212. The molecule has 0 saturated heterocycles. The van der Waals surface area contributed by atoms with Gasteiger partial charge in [-0.05, 0) is 29.8 Å². The Morgan fingerprint density at radius 3 is 2.36 bits per heavy atom. The molecule has 7 nitrogen and oxygen atoms in total. The van der Waals surface area contributed by atoms with E-state index in [1.165, 1.54) is 19.2 Å². The first kappa shape index (κ1) is 15.2. The highest BCUT2D eigenvalue weighted by Gasteiger charge is 2.04. The van der Waals surface area contributed by atoms with E-state index in [9.17, 15) is 14.9 Å². The van der Waals surface area contributed by atoms with Crippen LogP contribution in [0.1, 0.15) is 15.9 Å². The second kappa shape index (κ2) is 6.98. The summed E-state index contributed by atoms with van der Waals surface area (Å²) in [5, 5.41) is 14.6. The van der Waals surface area contributed by atoms with E-state index >= 15 is 0 Å².